The number of nitrogens with one attached hydrogen (secondary N) is 2. The van der Waals surface area contributed by atoms with Gasteiger partial charge in [-0.25, -0.2) is 0 Å². The fraction of sp³-hybridized carbons (Fsp3) is 0. The molecule has 7 heteroatoms. The van der Waals surface area contributed by atoms with Gasteiger partial charge in [0.05, 0.1) is 21.4 Å². The zero-order valence-electron chi connectivity index (χ0n) is 10.7. The molecule has 4 nitrogen and oxygen atoms in total. The average Bonchev–Trinajstić information content (AvgIpc) is 2.83. The van der Waals surface area contributed by atoms with Crippen molar-refractivity contribution in [3.05, 3.63) is 63.4 Å². The van der Waals surface area contributed by atoms with E-state index in [0.717, 1.165) is 17.2 Å². The Hall–Kier alpha value is -1.82. The fourth-order valence-electron chi connectivity index (χ4n) is 1.88. The molecule has 0 radical (unpaired) electrons. The van der Waals surface area contributed by atoms with Crippen LogP contribution in [0.2, 0.25) is 10.0 Å². The summed E-state index contributed by atoms with van der Waals surface area (Å²) < 4.78 is 5.91. The Morgan fingerprint density at radius 3 is 2.38 bits per heavy atom. The van der Waals surface area contributed by atoms with Crippen LogP contribution in [0.15, 0.2) is 48.5 Å². The highest BCUT2D eigenvalue weighted by Crippen LogP contribution is 2.27. The van der Waals surface area contributed by atoms with Crippen LogP contribution in [0.1, 0.15) is 0 Å². The highest BCUT2D eigenvalue weighted by molar-refractivity contribution is 7.03. The van der Waals surface area contributed by atoms with Crippen LogP contribution in [0.3, 0.4) is 0 Å². The summed E-state index contributed by atoms with van der Waals surface area (Å²) in [5, 5.41) is 12.3. The van der Waals surface area contributed by atoms with E-state index in [1.54, 1.807) is 16.7 Å². The molecule has 0 aliphatic carbocycles. The zero-order valence-corrected chi connectivity index (χ0v) is 13.0. The largest absolute Gasteiger partial charge is 0.323 e. The molecule has 3 aromatic rings. The highest BCUT2D eigenvalue weighted by Gasteiger charge is 2.12. The number of hydrogen-bond acceptors (Lipinski definition) is 4. The Bertz CT molecular complexity index is 841. The predicted octanol–water partition coefficient (Wildman–Crippen LogP) is 4.46. The van der Waals surface area contributed by atoms with Gasteiger partial charge in [0.25, 0.3) is 0 Å². The summed E-state index contributed by atoms with van der Waals surface area (Å²) in [7, 11) is 0. The Labute approximate surface area is 135 Å². The monoisotopic (exact) mass is 336 g/mol. The van der Waals surface area contributed by atoms with Gasteiger partial charge in [-0.15, -0.1) is 0 Å². The summed E-state index contributed by atoms with van der Waals surface area (Å²) in [5.74, 6) is 0.506. The minimum absolute atomic E-state index is 0.276. The van der Waals surface area contributed by atoms with Crippen molar-refractivity contribution >= 4 is 46.4 Å². The molecule has 2 N–H and O–H groups in total. The molecule has 0 aliphatic heterocycles. The van der Waals surface area contributed by atoms with Crippen LogP contribution in [0.25, 0.3) is 5.69 Å². The van der Waals surface area contributed by atoms with E-state index in [1.807, 2.05) is 36.4 Å². The maximum Gasteiger partial charge on any atom is 0.225 e. The molecule has 0 fully saturated rings. The van der Waals surface area contributed by atoms with Crippen molar-refractivity contribution in [2.45, 2.75) is 0 Å². The standard InChI is InChI=1S/C14H10Cl2N4S/c15-9-5-1-3-7-11(9)18-14-19-21-13(17)20(14)12-8-4-2-6-10(12)16/h1-8,17H,(H,18,19). The summed E-state index contributed by atoms with van der Waals surface area (Å²) in [6, 6.07) is 14.7. The molecule has 0 aliphatic rings. The number of anilines is 2. The van der Waals surface area contributed by atoms with E-state index >= 15 is 0 Å². The molecule has 0 amide bonds. The quantitative estimate of drug-likeness (QED) is 0.741. The number of rotatable bonds is 3. The minimum Gasteiger partial charge on any atom is -0.323 e. The van der Waals surface area contributed by atoms with Gasteiger partial charge in [0.2, 0.25) is 10.7 Å². The van der Waals surface area contributed by atoms with Crippen molar-refractivity contribution in [2.24, 2.45) is 0 Å². The summed E-state index contributed by atoms with van der Waals surface area (Å²) in [4.78, 5) is 0.276. The lowest BCUT2D eigenvalue weighted by Crippen LogP contribution is -2.14. The molecule has 2 aromatic carbocycles. The molecule has 0 saturated carbocycles. The van der Waals surface area contributed by atoms with Crippen LogP contribution in [-0.4, -0.2) is 8.94 Å². The summed E-state index contributed by atoms with van der Waals surface area (Å²) >= 11 is 13.4. The molecule has 3 rings (SSSR count). The Morgan fingerprint density at radius 1 is 1.00 bits per heavy atom. The van der Waals surface area contributed by atoms with E-state index in [-0.39, 0.29) is 4.80 Å². The molecule has 0 bridgehead atoms. The Balaban J connectivity index is 2.09. The third kappa shape index (κ3) is 2.81. The van der Waals surface area contributed by atoms with E-state index in [1.165, 1.54) is 0 Å². The van der Waals surface area contributed by atoms with Crippen molar-refractivity contribution < 1.29 is 0 Å². The van der Waals surface area contributed by atoms with E-state index in [9.17, 15) is 0 Å². The van der Waals surface area contributed by atoms with Crippen molar-refractivity contribution in [2.75, 3.05) is 5.32 Å². The third-order valence-corrected chi connectivity index (χ3v) is 4.12. The van der Waals surface area contributed by atoms with Crippen molar-refractivity contribution in [3.8, 4) is 5.69 Å². The van der Waals surface area contributed by atoms with Crippen molar-refractivity contribution in [1.29, 1.82) is 5.41 Å². The van der Waals surface area contributed by atoms with Crippen LogP contribution in [-0.2, 0) is 0 Å². The number of benzene rings is 2. The Morgan fingerprint density at radius 2 is 1.67 bits per heavy atom. The molecular formula is C14H10Cl2N4S. The summed E-state index contributed by atoms with van der Waals surface area (Å²) in [5.41, 5.74) is 1.43. The maximum absolute atomic E-state index is 8.03. The number of nitrogens with zero attached hydrogens (tertiary/aromatic N) is 2. The van der Waals surface area contributed by atoms with Gasteiger partial charge >= 0.3 is 0 Å². The van der Waals surface area contributed by atoms with Crippen LogP contribution in [0.5, 0.6) is 0 Å². The van der Waals surface area contributed by atoms with E-state index in [0.29, 0.717) is 21.7 Å². The van der Waals surface area contributed by atoms with Crippen LogP contribution >= 0.6 is 34.7 Å². The number of para-hydroxylation sites is 2. The van der Waals surface area contributed by atoms with Gasteiger partial charge in [-0.1, -0.05) is 47.5 Å². The lowest BCUT2D eigenvalue weighted by Gasteiger charge is -2.11. The molecule has 0 unspecified atom stereocenters. The second-order valence-electron chi connectivity index (χ2n) is 4.20. The molecule has 0 atom stereocenters. The first-order valence-corrected chi connectivity index (χ1v) is 7.59. The van der Waals surface area contributed by atoms with Crippen LogP contribution in [0, 0.1) is 5.41 Å². The van der Waals surface area contributed by atoms with Crippen molar-refractivity contribution in [3.63, 3.8) is 0 Å². The number of hydrogen-bond donors (Lipinski definition) is 2. The second kappa shape index (κ2) is 5.89. The smallest absolute Gasteiger partial charge is 0.225 e. The normalized spacial score (nSPS) is 10.6. The Kier molecular flexibility index (Phi) is 3.96. The maximum atomic E-state index is 8.03. The summed E-state index contributed by atoms with van der Waals surface area (Å²) in [6.45, 7) is 0. The first-order chi connectivity index (χ1) is 10.2. The summed E-state index contributed by atoms with van der Waals surface area (Å²) in [6.07, 6.45) is 0. The SMILES string of the molecule is N=c1snc(Nc2ccccc2Cl)n1-c1ccccc1Cl. The lowest BCUT2D eigenvalue weighted by molar-refractivity contribution is 0.973. The molecule has 1 heterocycles. The molecular weight excluding hydrogens is 327 g/mol. The van der Waals surface area contributed by atoms with Gasteiger partial charge in [-0.2, -0.15) is 4.37 Å². The third-order valence-electron chi connectivity index (χ3n) is 2.85. The first-order valence-electron chi connectivity index (χ1n) is 6.06. The van der Waals surface area contributed by atoms with Crippen LogP contribution < -0.4 is 10.1 Å². The number of halogens is 2. The topological polar surface area (TPSA) is 53.7 Å². The van der Waals surface area contributed by atoms with Gasteiger partial charge in [-0.3, -0.25) is 9.98 Å². The van der Waals surface area contributed by atoms with Crippen LogP contribution in [0.4, 0.5) is 11.6 Å². The zero-order chi connectivity index (χ0) is 14.8. The minimum atomic E-state index is 0.276. The van der Waals surface area contributed by atoms with Gasteiger partial charge in [0.1, 0.15) is 0 Å². The van der Waals surface area contributed by atoms with E-state index in [4.69, 9.17) is 28.6 Å². The van der Waals surface area contributed by atoms with Gasteiger partial charge in [0.15, 0.2) is 0 Å². The average molecular weight is 337 g/mol. The molecule has 21 heavy (non-hydrogen) atoms. The second-order valence-corrected chi connectivity index (χ2v) is 5.77. The molecule has 1 aromatic heterocycles. The van der Waals surface area contributed by atoms with Gasteiger partial charge in [-0.05, 0) is 24.3 Å². The van der Waals surface area contributed by atoms with E-state index in [2.05, 4.69) is 9.69 Å². The van der Waals surface area contributed by atoms with E-state index < -0.39 is 0 Å². The van der Waals surface area contributed by atoms with Crippen molar-refractivity contribution in [1.82, 2.24) is 8.94 Å². The molecule has 0 spiro atoms. The predicted molar refractivity (Wildman–Crippen MR) is 87.0 cm³/mol. The molecule has 106 valence electrons. The fourth-order valence-corrected chi connectivity index (χ4v) is 2.85. The number of aromatic nitrogens is 2. The van der Waals surface area contributed by atoms with Gasteiger partial charge < -0.3 is 5.32 Å². The lowest BCUT2D eigenvalue weighted by atomic mass is 10.3. The first kappa shape index (κ1) is 14.1. The highest BCUT2D eigenvalue weighted by atomic mass is 35.5. The molecule has 0 saturated heterocycles. The van der Waals surface area contributed by atoms with Gasteiger partial charge in [0, 0.05) is 11.5 Å².